The number of hydrogen-bond acceptors (Lipinski definition) is 6. The maximum absolute atomic E-state index is 12.5. The van der Waals surface area contributed by atoms with Gasteiger partial charge in [-0.15, -0.1) is 0 Å². The van der Waals surface area contributed by atoms with Gasteiger partial charge in [0.25, 0.3) is 10.0 Å². The number of anilines is 1. The van der Waals surface area contributed by atoms with Gasteiger partial charge in [-0.3, -0.25) is 4.72 Å². The number of nitrogens with one attached hydrogen (secondary N) is 1. The van der Waals surface area contributed by atoms with Crippen LogP contribution < -0.4 is 4.72 Å². The molecule has 0 amide bonds. The number of sulfonamides is 1. The molecule has 0 saturated carbocycles. The zero-order chi connectivity index (χ0) is 18.7. The van der Waals surface area contributed by atoms with Crippen molar-refractivity contribution < 1.29 is 27.5 Å². The molecule has 1 heterocycles. The summed E-state index contributed by atoms with van der Waals surface area (Å²) in [7, 11) is -3.93. The SMILES string of the molecule is O=C(O[C@H]1CCOC1=O)c1cccc(S(=O)(=O)Nc2cccc(Cl)c2)c1. The molecule has 136 valence electrons. The van der Waals surface area contributed by atoms with Crippen molar-refractivity contribution in [1.82, 2.24) is 0 Å². The third-order valence-corrected chi connectivity index (χ3v) is 5.21. The van der Waals surface area contributed by atoms with E-state index < -0.39 is 28.1 Å². The van der Waals surface area contributed by atoms with Gasteiger partial charge in [-0.25, -0.2) is 18.0 Å². The largest absolute Gasteiger partial charge is 0.463 e. The van der Waals surface area contributed by atoms with Gasteiger partial charge in [0.05, 0.1) is 22.8 Å². The topological polar surface area (TPSA) is 98.8 Å². The molecule has 2 aromatic carbocycles. The molecule has 7 nitrogen and oxygen atoms in total. The number of carbonyl (C=O) groups is 2. The van der Waals surface area contributed by atoms with Crippen molar-refractivity contribution in [2.75, 3.05) is 11.3 Å². The van der Waals surface area contributed by atoms with E-state index in [1.165, 1.54) is 30.3 Å². The smallest absolute Gasteiger partial charge is 0.347 e. The average molecular weight is 396 g/mol. The number of rotatable bonds is 5. The Balaban J connectivity index is 1.79. The number of cyclic esters (lactones) is 1. The highest BCUT2D eigenvalue weighted by Crippen LogP contribution is 2.21. The number of hydrogen-bond donors (Lipinski definition) is 1. The first kappa shape index (κ1) is 18.2. The lowest BCUT2D eigenvalue weighted by molar-refractivity contribution is -0.145. The van der Waals surface area contributed by atoms with Crippen molar-refractivity contribution in [1.29, 1.82) is 0 Å². The van der Waals surface area contributed by atoms with Crippen molar-refractivity contribution in [3.8, 4) is 0 Å². The second-order valence-electron chi connectivity index (χ2n) is 5.49. The summed E-state index contributed by atoms with van der Waals surface area (Å²) in [6.07, 6.45) is -0.689. The first-order valence-corrected chi connectivity index (χ1v) is 9.47. The first-order valence-electron chi connectivity index (χ1n) is 7.61. The molecule has 0 aliphatic carbocycles. The Morgan fingerprint density at radius 2 is 1.96 bits per heavy atom. The van der Waals surface area contributed by atoms with Crippen LogP contribution in [-0.2, 0) is 24.3 Å². The molecule has 1 saturated heterocycles. The second-order valence-corrected chi connectivity index (χ2v) is 7.61. The third kappa shape index (κ3) is 4.14. The Kier molecular flexibility index (Phi) is 5.15. The highest BCUT2D eigenvalue weighted by atomic mass is 35.5. The summed E-state index contributed by atoms with van der Waals surface area (Å²) >= 11 is 5.85. The van der Waals surface area contributed by atoms with Crippen molar-refractivity contribution in [2.45, 2.75) is 17.4 Å². The lowest BCUT2D eigenvalue weighted by Crippen LogP contribution is -2.23. The molecule has 0 unspecified atom stereocenters. The molecule has 0 aromatic heterocycles. The summed E-state index contributed by atoms with van der Waals surface area (Å²) in [6, 6.07) is 11.6. The summed E-state index contributed by atoms with van der Waals surface area (Å²) in [5.41, 5.74) is 0.304. The summed E-state index contributed by atoms with van der Waals surface area (Å²) in [5.74, 6) is -1.40. The van der Waals surface area contributed by atoms with Gasteiger partial charge in [0, 0.05) is 11.4 Å². The van der Waals surface area contributed by atoms with E-state index in [-0.39, 0.29) is 23.5 Å². The number of esters is 2. The fourth-order valence-corrected chi connectivity index (χ4v) is 3.62. The predicted octanol–water partition coefficient (Wildman–Crippen LogP) is 2.61. The van der Waals surface area contributed by atoms with Crippen molar-refractivity contribution >= 4 is 39.3 Å². The molecule has 9 heteroatoms. The van der Waals surface area contributed by atoms with Gasteiger partial charge in [0.15, 0.2) is 0 Å². The lowest BCUT2D eigenvalue weighted by Gasteiger charge is -2.11. The maximum atomic E-state index is 12.5. The van der Waals surface area contributed by atoms with Crippen molar-refractivity contribution in [2.24, 2.45) is 0 Å². The van der Waals surface area contributed by atoms with E-state index in [0.29, 0.717) is 10.7 Å². The van der Waals surface area contributed by atoms with Crippen molar-refractivity contribution in [3.05, 3.63) is 59.1 Å². The third-order valence-electron chi connectivity index (χ3n) is 3.59. The van der Waals surface area contributed by atoms with Gasteiger partial charge < -0.3 is 9.47 Å². The molecule has 1 aliphatic rings. The number of carbonyl (C=O) groups excluding carboxylic acids is 2. The summed E-state index contributed by atoms with van der Waals surface area (Å²) in [4.78, 5) is 23.4. The fraction of sp³-hybridized carbons (Fsp3) is 0.176. The van der Waals surface area contributed by atoms with Crippen LogP contribution in [-0.4, -0.2) is 33.1 Å². The average Bonchev–Trinajstić information content (AvgIpc) is 2.99. The summed E-state index contributed by atoms with van der Waals surface area (Å²) in [5, 5.41) is 0.381. The molecule has 3 rings (SSSR count). The Bertz CT molecular complexity index is 959. The van der Waals surface area contributed by atoms with E-state index in [2.05, 4.69) is 4.72 Å². The van der Waals surface area contributed by atoms with Gasteiger partial charge in [-0.1, -0.05) is 23.7 Å². The summed E-state index contributed by atoms with van der Waals surface area (Å²) in [6.45, 7) is 0.189. The predicted molar refractivity (Wildman–Crippen MR) is 93.5 cm³/mol. The number of benzene rings is 2. The monoisotopic (exact) mass is 395 g/mol. The van der Waals surface area contributed by atoms with Gasteiger partial charge in [-0.2, -0.15) is 0 Å². The van der Waals surface area contributed by atoms with Crippen molar-refractivity contribution in [3.63, 3.8) is 0 Å². The van der Waals surface area contributed by atoms with E-state index in [1.54, 1.807) is 18.2 Å². The molecule has 0 spiro atoms. The minimum atomic E-state index is -3.93. The molecule has 1 atom stereocenters. The van der Waals surface area contributed by atoms with Crippen LogP contribution in [0.1, 0.15) is 16.8 Å². The van der Waals surface area contributed by atoms with Crippen LogP contribution in [0.3, 0.4) is 0 Å². The lowest BCUT2D eigenvalue weighted by atomic mass is 10.2. The fourth-order valence-electron chi connectivity index (χ4n) is 2.34. The normalized spacial score (nSPS) is 16.8. The zero-order valence-electron chi connectivity index (χ0n) is 13.3. The van der Waals surface area contributed by atoms with Crippen LogP contribution in [0.2, 0.25) is 5.02 Å². The Labute approximate surface area is 154 Å². The van der Waals surface area contributed by atoms with Gasteiger partial charge in [0.2, 0.25) is 6.10 Å². The van der Waals surface area contributed by atoms with Crippen LogP contribution in [0.25, 0.3) is 0 Å². The van der Waals surface area contributed by atoms with Gasteiger partial charge in [0.1, 0.15) is 0 Å². The van der Waals surface area contributed by atoms with Gasteiger partial charge in [-0.05, 0) is 36.4 Å². The standard InChI is InChI=1S/C17H14ClNO6S/c18-12-4-2-5-13(10-12)19-26(22,23)14-6-1-3-11(9-14)16(20)25-15-7-8-24-17(15)21/h1-6,9-10,15,19H,7-8H2/t15-/m0/s1. The quantitative estimate of drug-likeness (QED) is 0.781. The molecule has 1 fully saturated rings. The van der Waals surface area contributed by atoms with Gasteiger partial charge >= 0.3 is 11.9 Å². The van der Waals surface area contributed by atoms with E-state index >= 15 is 0 Å². The Morgan fingerprint density at radius 1 is 1.19 bits per heavy atom. The maximum Gasteiger partial charge on any atom is 0.347 e. The highest BCUT2D eigenvalue weighted by Gasteiger charge is 2.30. The van der Waals surface area contributed by atoms with E-state index in [1.807, 2.05) is 0 Å². The number of halogens is 1. The number of ether oxygens (including phenoxy) is 2. The van der Waals surface area contributed by atoms with E-state index in [0.717, 1.165) is 0 Å². The molecular weight excluding hydrogens is 382 g/mol. The second kappa shape index (κ2) is 7.35. The minimum Gasteiger partial charge on any atom is -0.463 e. The van der Waals surface area contributed by atoms with Crippen LogP contribution in [0.5, 0.6) is 0 Å². The minimum absolute atomic E-state index is 0.0127. The molecule has 0 bridgehead atoms. The molecular formula is C17H14ClNO6S. The van der Waals surface area contributed by atoms with Crippen LogP contribution in [0, 0.1) is 0 Å². The Hall–Kier alpha value is -2.58. The first-order chi connectivity index (χ1) is 12.3. The molecule has 1 N–H and O–H groups in total. The molecule has 0 radical (unpaired) electrons. The van der Waals surface area contributed by atoms with Crippen LogP contribution >= 0.6 is 11.6 Å². The molecule has 1 aliphatic heterocycles. The summed E-state index contributed by atoms with van der Waals surface area (Å²) < 4.78 is 37.2. The van der Waals surface area contributed by atoms with Crippen LogP contribution in [0.15, 0.2) is 53.4 Å². The zero-order valence-corrected chi connectivity index (χ0v) is 14.9. The van der Waals surface area contributed by atoms with E-state index in [9.17, 15) is 18.0 Å². The van der Waals surface area contributed by atoms with Crippen LogP contribution in [0.4, 0.5) is 5.69 Å². The van der Waals surface area contributed by atoms with E-state index in [4.69, 9.17) is 21.1 Å². The Morgan fingerprint density at radius 3 is 2.65 bits per heavy atom. The molecule has 2 aromatic rings. The molecule has 26 heavy (non-hydrogen) atoms. The highest BCUT2D eigenvalue weighted by molar-refractivity contribution is 7.92.